The molecule has 2 aromatic rings. The highest BCUT2D eigenvalue weighted by molar-refractivity contribution is 6.35. The molecule has 0 radical (unpaired) electrons. The number of fused-ring (bicyclic) bond motifs is 3. The molecule has 15 heavy (non-hydrogen) atoms. The summed E-state index contributed by atoms with van der Waals surface area (Å²) in [7, 11) is 0. The maximum absolute atomic E-state index is 6.00. The second kappa shape index (κ2) is 3.30. The normalized spacial score (nSPS) is 15.6. The topological polar surface area (TPSA) is 52.8 Å². The minimum atomic E-state index is 0.115. The van der Waals surface area contributed by atoms with Crippen LogP contribution in [0.4, 0.5) is 0 Å². The van der Waals surface area contributed by atoms with Crippen molar-refractivity contribution in [2.75, 3.05) is 6.61 Å². The summed E-state index contributed by atoms with van der Waals surface area (Å²) >= 11 is 11.7. The minimum absolute atomic E-state index is 0.115. The zero-order valence-electron chi connectivity index (χ0n) is 7.57. The third kappa shape index (κ3) is 1.39. The van der Waals surface area contributed by atoms with Crippen molar-refractivity contribution in [3.8, 4) is 0 Å². The summed E-state index contributed by atoms with van der Waals surface area (Å²) in [6.07, 6.45) is 0. The van der Waals surface area contributed by atoms with E-state index in [1.807, 2.05) is 4.57 Å². The molecule has 0 aliphatic carbocycles. The average Bonchev–Trinajstić information content (AvgIpc) is 2.54. The van der Waals surface area contributed by atoms with Crippen LogP contribution in [0, 0.1) is 0 Å². The van der Waals surface area contributed by atoms with Crippen LogP contribution in [0.5, 0.6) is 0 Å². The average molecular weight is 245 g/mol. The third-order valence-corrected chi connectivity index (χ3v) is 2.74. The van der Waals surface area contributed by atoms with E-state index in [4.69, 9.17) is 27.9 Å². The fraction of sp³-hybridized carbons (Fsp3) is 0.375. The van der Waals surface area contributed by atoms with Gasteiger partial charge in [-0.3, -0.25) is 0 Å². The largest absolute Gasteiger partial charge is 0.372 e. The zero-order chi connectivity index (χ0) is 10.4. The van der Waals surface area contributed by atoms with Crippen molar-refractivity contribution in [1.82, 2.24) is 19.5 Å². The molecule has 0 unspecified atom stereocenters. The van der Waals surface area contributed by atoms with Crippen LogP contribution < -0.4 is 0 Å². The molecule has 3 heterocycles. The van der Waals surface area contributed by atoms with E-state index in [0.29, 0.717) is 24.0 Å². The third-order valence-electron chi connectivity index (χ3n) is 2.30. The predicted molar refractivity (Wildman–Crippen MR) is 55.0 cm³/mol. The van der Waals surface area contributed by atoms with Crippen LogP contribution >= 0.6 is 23.2 Å². The Morgan fingerprint density at radius 2 is 2.07 bits per heavy atom. The summed E-state index contributed by atoms with van der Waals surface area (Å²) in [6.45, 7) is 1.85. The van der Waals surface area contributed by atoms with E-state index in [-0.39, 0.29) is 5.28 Å². The van der Waals surface area contributed by atoms with Crippen LogP contribution in [0.2, 0.25) is 10.4 Å². The van der Waals surface area contributed by atoms with Crippen molar-refractivity contribution in [3.05, 3.63) is 16.3 Å². The molecule has 1 aliphatic heterocycles. The fourth-order valence-corrected chi connectivity index (χ4v) is 2.16. The Hall–Kier alpha value is -0.910. The Labute approximate surface area is 95.0 Å². The molecule has 0 amide bonds. The van der Waals surface area contributed by atoms with Crippen molar-refractivity contribution in [2.24, 2.45) is 0 Å². The van der Waals surface area contributed by atoms with Gasteiger partial charge in [0.15, 0.2) is 10.8 Å². The predicted octanol–water partition coefficient (Wildman–Crippen LogP) is 1.66. The smallest absolute Gasteiger partial charge is 0.225 e. The molecule has 1 aliphatic rings. The summed E-state index contributed by atoms with van der Waals surface area (Å²) in [4.78, 5) is 12.2. The number of aromatic nitrogens is 4. The second-order valence-electron chi connectivity index (χ2n) is 3.19. The molecule has 0 bridgehead atoms. The lowest BCUT2D eigenvalue weighted by atomic mass is 10.5. The van der Waals surface area contributed by atoms with Gasteiger partial charge >= 0.3 is 0 Å². The van der Waals surface area contributed by atoms with Crippen molar-refractivity contribution in [3.63, 3.8) is 0 Å². The van der Waals surface area contributed by atoms with E-state index in [9.17, 15) is 0 Å². The Kier molecular flexibility index (Phi) is 2.05. The summed E-state index contributed by atoms with van der Waals surface area (Å²) in [6, 6.07) is 0. The van der Waals surface area contributed by atoms with Crippen LogP contribution in [0.1, 0.15) is 5.82 Å². The Morgan fingerprint density at radius 3 is 2.93 bits per heavy atom. The SMILES string of the molecule is Clc1nc(Cl)c2c(n1)nc1n2CCOC1. The molecule has 0 N–H and O–H groups in total. The standard InChI is InChI=1S/C8H6Cl2N4O/c9-6-5-7(13-8(10)12-6)11-4-3-15-2-1-14(4)5/h1-3H2. The molecule has 0 saturated carbocycles. The highest BCUT2D eigenvalue weighted by Crippen LogP contribution is 2.25. The zero-order valence-corrected chi connectivity index (χ0v) is 9.09. The molecular formula is C8H6Cl2N4O. The van der Waals surface area contributed by atoms with Crippen molar-refractivity contribution >= 4 is 34.4 Å². The lowest BCUT2D eigenvalue weighted by Crippen LogP contribution is -2.16. The highest BCUT2D eigenvalue weighted by atomic mass is 35.5. The number of halogens is 2. The van der Waals surface area contributed by atoms with Crippen molar-refractivity contribution < 1.29 is 4.74 Å². The van der Waals surface area contributed by atoms with E-state index < -0.39 is 0 Å². The summed E-state index contributed by atoms with van der Waals surface area (Å²) in [5, 5.41) is 0.453. The van der Waals surface area contributed by atoms with Crippen molar-refractivity contribution in [1.29, 1.82) is 0 Å². The van der Waals surface area contributed by atoms with Crippen molar-refractivity contribution in [2.45, 2.75) is 13.2 Å². The van der Waals surface area contributed by atoms with Gasteiger partial charge in [0.1, 0.15) is 17.9 Å². The first kappa shape index (κ1) is 9.33. The molecule has 2 aromatic heterocycles. The summed E-state index contributed by atoms with van der Waals surface area (Å²) < 4.78 is 7.26. The van der Waals surface area contributed by atoms with Gasteiger partial charge in [-0.25, -0.2) is 9.97 Å². The first-order valence-electron chi connectivity index (χ1n) is 4.41. The first-order chi connectivity index (χ1) is 7.25. The Morgan fingerprint density at radius 1 is 1.20 bits per heavy atom. The van der Waals surface area contributed by atoms with E-state index >= 15 is 0 Å². The van der Waals surface area contributed by atoms with Crippen LogP contribution in [0.3, 0.4) is 0 Å². The molecular weight excluding hydrogens is 239 g/mol. The van der Waals surface area contributed by atoms with Crippen LogP contribution in [-0.2, 0) is 17.9 Å². The summed E-state index contributed by atoms with van der Waals surface area (Å²) in [5.41, 5.74) is 1.26. The van der Waals surface area contributed by atoms with Crippen LogP contribution in [0.25, 0.3) is 11.2 Å². The van der Waals surface area contributed by atoms with E-state index in [0.717, 1.165) is 17.9 Å². The summed E-state index contributed by atoms with van der Waals surface area (Å²) in [5.74, 6) is 0.815. The molecule has 7 heteroatoms. The molecule has 78 valence electrons. The van der Waals surface area contributed by atoms with Gasteiger partial charge in [-0.1, -0.05) is 11.6 Å². The lowest BCUT2D eigenvalue weighted by Gasteiger charge is -2.14. The lowest BCUT2D eigenvalue weighted by molar-refractivity contribution is 0.0830. The monoisotopic (exact) mass is 244 g/mol. The molecule has 0 aromatic carbocycles. The van der Waals surface area contributed by atoms with Gasteiger partial charge in [-0.2, -0.15) is 4.98 Å². The molecule has 0 fully saturated rings. The number of hydrogen-bond donors (Lipinski definition) is 0. The van der Waals surface area contributed by atoms with Gasteiger partial charge in [-0.15, -0.1) is 0 Å². The minimum Gasteiger partial charge on any atom is -0.372 e. The van der Waals surface area contributed by atoms with Gasteiger partial charge in [0.25, 0.3) is 0 Å². The first-order valence-corrected chi connectivity index (χ1v) is 5.17. The molecule has 0 saturated heterocycles. The van der Waals surface area contributed by atoms with E-state index in [1.54, 1.807) is 0 Å². The van der Waals surface area contributed by atoms with Gasteiger partial charge < -0.3 is 9.30 Å². The molecule has 5 nitrogen and oxygen atoms in total. The molecule has 3 rings (SSSR count). The number of hydrogen-bond acceptors (Lipinski definition) is 4. The molecule has 0 atom stereocenters. The van der Waals surface area contributed by atoms with Gasteiger partial charge in [0.05, 0.1) is 6.61 Å². The van der Waals surface area contributed by atoms with Gasteiger partial charge in [-0.05, 0) is 11.6 Å². The van der Waals surface area contributed by atoms with Crippen LogP contribution in [0.15, 0.2) is 0 Å². The second-order valence-corrected chi connectivity index (χ2v) is 3.88. The molecule has 0 spiro atoms. The number of ether oxygens (including phenoxy) is 1. The number of imidazole rings is 1. The van der Waals surface area contributed by atoms with Gasteiger partial charge in [0, 0.05) is 6.54 Å². The number of rotatable bonds is 0. The van der Waals surface area contributed by atoms with E-state index in [2.05, 4.69) is 15.0 Å². The highest BCUT2D eigenvalue weighted by Gasteiger charge is 2.19. The maximum Gasteiger partial charge on any atom is 0.225 e. The van der Waals surface area contributed by atoms with E-state index in [1.165, 1.54) is 0 Å². The quantitative estimate of drug-likeness (QED) is 0.523. The van der Waals surface area contributed by atoms with Crippen LogP contribution in [-0.4, -0.2) is 26.1 Å². The Bertz CT molecular complexity index is 539. The van der Waals surface area contributed by atoms with Gasteiger partial charge in [0.2, 0.25) is 5.28 Å². The Balaban J connectivity index is 2.37. The maximum atomic E-state index is 6.00. The number of nitrogens with zero attached hydrogens (tertiary/aromatic N) is 4. The fourth-order valence-electron chi connectivity index (χ4n) is 1.68.